The quantitative estimate of drug-likeness (QED) is 0.799. The van der Waals surface area contributed by atoms with E-state index in [1.54, 1.807) is 6.92 Å². The number of aliphatic hydroxyl groups excluding tert-OH is 1. The minimum atomic E-state index is -0.793. The second-order valence-electron chi connectivity index (χ2n) is 4.13. The Bertz CT molecular complexity index is 373. The van der Waals surface area contributed by atoms with Crippen LogP contribution in [0, 0.1) is 12.8 Å². The van der Waals surface area contributed by atoms with Crippen LogP contribution in [0.5, 0.6) is 0 Å². The van der Waals surface area contributed by atoms with Crippen molar-refractivity contribution in [2.24, 2.45) is 5.92 Å². The first-order chi connectivity index (χ1) is 8.10. The predicted molar refractivity (Wildman–Crippen MR) is 66.6 cm³/mol. The molecule has 0 aromatic heterocycles. The molecule has 3 nitrogen and oxygen atoms in total. The van der Waals surface area contributed by atoms with E-state index < -0.39 is 12.0 Å². The summed E-state index contributed by atoms with van der Waals surface area (Å²) in [5, 5.41) is 10.2. The highest BCUT2D eigenvalue weighted by atomic mass is 16.5. The van der Waals surface area contributed by atoms with Gasteiger partial charge in [0.25, 0.3) is 0 Å². The molecule has 0 heterocycles. The molecule has 0 radical (unpaired) electrons. The normalized spacial score (nSPS) is 14.1. The van der Waals surface area contributed by atoms with Gasteiger partial charge in [0.15, 0.2) is 0 Å². The minimum Gasteiger partial charge on any atom is -0.466 e. The molecule has 2 unspecified atom stereocenters. The zero-order valence-electron chi connectivity index (χ0n) is 10.6. The number of hydrogen-bond acceptors (Lipinski definition) is 3. The molecule has 0 saturated heterocycles. The van der Waals surface area contributed by atoms with Gasteiger partial charge in [-0.05, 0) is 25.8 Å². The van der Waals surface area contributed by atoms with Crippen molar-refractivity contribution in [3.63, 3.8) is 0 Å². The molecule has 1 rings (SSSR count). The molecule has 0 aliphatic carbocycles. The van der Waals surface area contributed by atoms with Crippen LogP contribution in [-0.4, -0.2) is 17.7 Å². The van der Waals surface area contributed by atoms with Gasteiger partial charge in [-0.25, -0.2) is 0 Å². The first-order valence-electron chi connectivity index (χ1n) is 6.01. The fourth-order valence-corrected chi connectivity index (χ4v) is 1.85. The Morgan fingerprint density at radius 1 is 1.41 bits per heavy atom. The lowest BCUT2D eigenvalue weighted by molar-refractivity contribution is -0.152. The van der Waals surface area contributed by atoms with Crippen LogP contribution in [0.15, 0.2) is 24.3 Å². The number of aliphatic hydroxyl groups is 1. The van der Waals surface area contributed by atoms with Crippen LogP contribution >= 0.6 is 0 Å². The van der Waals surface area contributed by atoms with Crippen molar-refractivity contribution in [2.75, 3.05) is 6.61 Å². The summed E-state index contributed by atoms with van der Waals surface area (Å²) < 4.78 is 4.97. The molecule has 1 aromatic rings. The van der Waals surface area contributed by atoms with Crippen LogP contribution in [0.2, 0.25) is 0 Å². The first-order valence-corrected chi connectivity index (χ1v) is 6.01. The SMILES string of the molecule is CCOC(=O)C(CC)C(O)c1cccc(C)c1. The van der Waals surface area contributed by atoms with E-state index in [9.17, 15) is 9.90 Å². The number of carbonyl (C=O) groups is 1. The average molecular weight is 236 g/mol. The number of aryl methyl sites for hydroxylation is 1. The monoisotopic (exact) mass is 236 g/mol. The molecule has 0 bridgehead atoms. The van der Waals surface area contributed by atoms with Crippen molar-refractivity contribution >= 4 is 5.97 Å². The van der Waals surface area contributed by atoms with Crippen molar-refractivity contribution in [3.05, 3.63) is 35.4 Å². The van der Waals surface area contributed by atoms with Gasteiger partial charge in [-0.1, -0.05) is 36.8 Å². The van der Waals surface area contributed by atoms with Gasteiger partial charge in [-0.2, -0.15) is 0 Å². The van der Waals surface area contributed by atoms with E-state index >= 15 is 0 Å². The van der Waals surface area contributed by atoms with Crippen molar-refractivity contribution in [2.45, 2.75) is 33.3 Å². The summed E-state index contributed by atoms with van der Waals surface area (Å²) in [7, 11) is 0. The second-order valence-corrected chi connectivity index (χ2v) is 4.13. The molecule has 2 atom stereocenters. The van der Waals surface area contributed by atoms with Crippen LogP contribution in [0.25, 0.3) is 0 Å². The Kier molecular flexibility index (Phi) is 5.16. The van der Waals surface area contributed by atoms with E-state index in [-0.39, 0.29) is 5.97 Å². The largest absolute Gasteiger partial charge is 0.466 e. The van der Waals surface area contributed by atoms with Gasteiger partial charge in [0.05, 0.1) is 18.6 Å². The number of esters is 1. The van der Waals surface area contributed by atoms with Crippen molar-refractivity contribution in [1.29, 1.82) is 0 Å². The lowest BCUT2D eigenvalue weighted by Crippen LogP contribution is -2.24. The highest BCUT2D eigenvalue weighted by Gasteiger charge is 2.27. The molecule has 0 aliphatic heterocycles. The molecular formula is C14H20O3. The van der Waals surface area contributed by atoms with E-state index in [0.29, 0.717) is 13.0 Å². The van der Waals surface area contributed by atoms with Crippen LogP contribution in [0.3, 0.4) is 0 Å². The molecule has 0 aliphatic rings. The van der Waals surface area contributed by atoms with Crippen molar-refractivity contribution in [3.8, 4) is 0 Å². The van der Waals surface area contributed by atoms with Gasteiger partial charge < -0.3 is 9.84 Å². The van der Waals surface area contributed by atoms with Crippen molar-refractivity contribution < 1.29 is 14.6 Å². The summed E-state index contributed by atoms with van der Waals surface area (Å²) >= 11 is 0. The molecular weight excluding hydrogens is 216 g/mol. The first kappa shape index (κ1) is 13.7. The summed E-state index contributed by atoms with van der Waals surface area (Å²) in [5.41, 5.74) is 1.84. The Morgan fingerprint density at radius 2 is 2.12 bits per heavy atom. The summed E-state index contributed by atoms with van der Waals surface area (Å²) in [6, 6.07) is 7.57. The standard InChI is InChI=1S/C14H20O3/c1-4-12(14(16)17-5-2)13(15)11-8-6-7-10(3)9-11/h6-9,12-13,15H,4-5H2,1-3H3. The third-order valence-corrected chi connectivity index (χ3v) is 2.79. The zero-order valence-corrected chi connectivity index (χ0v) is 10.6. The average Bonchev–Trinajstić information content (AvgIpc) is 2.30. The van der Waals surface area contributed by atoms with Crippen LogP contribution < -0.4 is 0 Å². The Balaban J connectivity index is 2.85. The van der Waals surface area contributed by atoms with Gasteiger partial charge in [0.1, 0.15) is 0 Å². The highest BCUT2D eigenvalue weighted by Crippen LogP contribution is 2.26. The van der Waals surface area contributed by atoms with Crippen LogP contribution in [0.4, 0.5) is 0 Å². The number of benzene rings is 1. The fraction of sp³-hybridized carbons (Fsp3) is 0.500. The highest BCUT2D eigenvalue weighted by molar-refractivity contribution is 5.73. The molecule has 0 saturated carbocycles. The maximum Gasteiger partial charge on any atom is 0.311 e. The second kappa shape index (κ2) is 6.40. The van der Waals surface area contributed by atoms with E-state index in [1.807, 2.05) is 38.1 Å². The van der Waals surface area contributed by atoms with E-state index in [4.69, 9.17) is 4.74 Å². The van der Waals surface area contributed by atoms with Crippen LogP contribution in [0.1, 0.15) is 37.5 Å². The smallest absolute Gasteiger partial charge is 0.311 e. The Morgan fingerprint density at radius 3 is 2.65 bits per heavy atom. The molecule has 0 fully saturated rings. The lowest BCUT2D eigenvalue weighted by Gasteiger charge is -2.20. The predicted octanol–water partition coefficient (Wildman–Crippen LogP) is 2.62. The molecule has 94 valence electrons. The number of hydrogen-bond donors (Lipinski definition) is 1. The summed E-state index contributed by atoms with van der Waals surface area (Å²) in [6.07, 6.45) is -0.229. The molecule has 0 amide bonds. The van der Waals surface area contributed by atoms with E-state index in [0.717, 1.165) is 11.1 Å². The van der Waals surface area contributed by atoms with Gasteiger partial charge in [-0.3, -0.25) is 4.79 Å². The third kappa shape index (κ3) is 3.56. The third-order valence-electron chi connectivity index (χ3n) is 2.79. The molecule has 3 heteroatoms. The van der Waals surface area contributed by atoms with Gasteiger partial charge in [0.2, 0.25) is 0 Å². The Labute approximate surface area is 102 Å². The molecule has 17 heavy (non-hydrogen) atoms. The minimum absolute atomic E-state index is 0.330. The summed E-state index contributed by atoms with van der Waals surface area (Å²) in [4.78, 5) is 11.7. The topological polar surface area (TPSA) is 46.5 Å². The number of rotatable bonds is 5. The van der Waals surface area contributed by atoms with E-state index in [1.165, 1.54) is 0 Å². The fourth-order valence-electron chi connectivity index (χ4n) is 1.85. The number of ether oxygens (including phenoxy) is 1. The van der Waals surface area contributed by atoms with E-state index in [2.05, 4.69) is 0 Å². The van der Waals surface area contributed by atoms with Gasteiger partial charge in [-0.15, -0.1) is 0 Å². The Hall–Kier alpha value is -1.35. The molecule has 0 spiro atoms. The molecule has 1 N–H and O–H groups in total. The summed E-state index contributed by atoms with van der Waals surface area (Å²) in [5.74, 6) is -0.819. The summed E-state index contributed by atoms with van der Waals surface area (Å²) in [6.45, 7) is 5.95. The molecule has 1 aromatic carbocycles. The number of carbonyl (C=O) groups excluding carboxylic acids is 1. The van der Waals surface area contributed by atoms with Crippen molar-refractivity contribution in [1.82, 2.24) is 0 Å². The maximum atomic E-state index is 11.7. The zero-order chi connectivity index (χ0) is 12.8. The lowest BCUT2D eigenvalue weighted by atomic mass is 9.93. The van der Waals surface area contributed by atoms with Gasteiger partial charge in [0, 0.05) is 0 Å². The van der Waals surface area contributed by atoms with Crippen LogP contribution in [-0.2, 0) is 9.53 Å². The maximum absolute atomic E-state index is 11.7. The van der Waals surface area contributed by atoms with Gasteiger partial charge >= 0.3 is 5.97 Å².